The fourth-order valence-electron chi connectivity index (χ4n) is 3.77. The third-order valence-electron chi connectivity index (χ3n) is 4.78. The molecule has 1 unspecified atom stereocenters. The maximum absolute atomic E-state index is 6.18. The highest BCUT2D eigenvalue weighted by molar-refractivity contribution is 5.53. The van der Waals surface area contributed by atoms with E-state index in [0.29, 0.717) is 12.6 Å². The van der Waals surface area contributed by atoms with Gasteiger partial charge in [0.1, 0.15) is 18.2 Å². The van der Waals surface area contributed by atoms with Gasteiger partial charge < -0.3 is 9.47 Å². The zero-order valence-corrected chi connectivity index (χ0v) is 13.1. The molecule has 114 valence electrons. The number of nitrogens with one attached hydrogen (secondary N) is 1. The predicted octanol–water partition coefficient (Wildman–Crippen LogP) is 3.46. The number of aryl methyl sites for hydroxylation is 2. The molecule has 2 aliphatic rings. The molecule has 0 saturated carbocycles. The average molecular weight is 295 g/mol. The van der Waals surface area contributed by atoms with E-state index in [4.69, 9.17) is 9.47 Å². The number of hydrogen-bond donors (Lipinski definition) is 1. The summed E-state index contributed by atoms with van der Waals surface area (Å²) in [5.74, 6) is 2.43. The molecule has 0 bridgehead atoms. The summed E-state index contributed by atoms with van der Waals surface area (Å²) in [5.41, 5.74) is 6.63. The highest BCUT2D eigenvalue weighted by Gasteiger charge is 2.27. The molecule has 1 N–H and O–H groups in total. The standard InChI is InChI=1S/C19H21NO2/c1-12-4-3-5-13(2)18(12)15-8-14-6-7-17-16(9-20-11-22-17)19(14)21-10-15/h3-7,15,20H,8-11H2,1-2H3. The van der Waals surface area contributed by atoms with E-state index < -0.39 is 0 Å². The van der Waals surface area contributed by atoms with Gasteiger partial charge in [0.2, 0.25) is 0 Å². The van der Waals surface area contributed by atoms with E-state index in [2.05, 4.69) is 49.5 Å². The van der Waals surface area contributed by atoms with Gasteiger partial charge in [0.05, 0.1) is 12.2 Å². The van der Waals surface area contributed by atoms with Gasteiger partial charge in [-0.05, 0) is 48.6 Å². The van der Waals surface area contributed by atoms with Gasteiger partial charge in [0, 0.05) is 12.5 Å². The van der Waals surface area contributed by atoms with Crippen molar-refractivity contribution < 1.29 is 9.47 Å². The van der Waals surface area contributed by atoms with Crippen LogP contribution in [-0.2, 0) is 13.0 Å². The van der Waals surface area contributed by atoms with E-state index in [1.54, 1.807) is 0 Å². The number of rotatable bonds is 1. The van der Waals surface area contributed by atoms with Gasteiger partial charge in [-0.2, -0.15) is 0 Å². The van der Waals surface area contributed by atoms with E-state index >= 15 is 0 Å². The lowest BCUT2D eigenvalue weighted by atomic mass is 9.84. The van der Waals surface area contributed by atoms with Crippen molar-refractivity contribution in [2.75, 3.05) is 13.3 Å². The van der Waals surface area contributed by atoms with Crippen molar-refractivity contribution in [2.24, 2.45) is 0 Å². The highest BCUT2D eigenvalue weighted by atomic mass is 16.5. The Morgan fingerprint density at radius 1 is 1.05 bits per heavy atom. The van der Waals surface area contributed by atoms with Crippen LogP contribution < -0.4 is 14.8 Å². The smallest absolute Gasteiger partial charge is 0.139 e. The van der Waals surface area contributed by atoms with E-state index in [-0.39, 0.29) is 0 Å². The van der Waals surface area contributed by atoms with Crippen molar-refractivity contribution in [3.8, 4) is 11.5 Å². The van der Waals surface area contributed by atoms with Crippen LogP contribution in [0.5, 0.6) is 11.5 Å². The van der Waals surface area contributed by atoms with Crippen molar-refractivity contribution in [1.82, 2.24) is 5.32 Å². The Kier molecular flexibility index (Phi) is 3.30. The second-order valence-corrected chi connectivity index (χ2v) is 6.26. The molecular weight excluding hydrogens is 274 g/mol. The first-order valence-corrected chi connectivity index (χ1v) is 7.91. The summed E-state index contributed by atoms with van der Waals surface area (Å²) in [5, 5.41) is 3.25. The van der Waals surface area contributed by atoms with Gasteiger partial charge in [-0.1, -0.05) is 24.3 Å². The van der Waals surface area contributed by atoms with Crippen molar-refractivity contribution in [1.29, 1.82) is 0 Å². The first-order chi connectivity index (χ1) is 10.7. The van der Waals surface area contributed by atoms with Crippen LogP contribution in [0.4, 0.5) is 0 Å². The van der Waals surface area contributed by atoms with Gasteiger partial charge in [-0.15, -0.1) is 0 Å². The number of ether oxygens (including phenoxy) is 2. The molecule has 4 rings (SSSR count). The maximum Gasteiger partial charge on any atom is 0.139 e. The predicted molar refractivity (Wildman–Crippen MR) is 86.6 cm³/mol. The molecule has 0 saturated heterocycles. The van der Waals surface area contributed by atoms with Crippen LogP contribution in [0.1, 0.15) is 33.7 Å². The summed E-state index contributed by atoms with van der Waals surface area (Å²) in [7, 11) is 0. The van der Waals surface area contributed by atoms with Crippen LogP contribution >= 0.6 is 0 Å². The fraction of sp³-hybridized carbons (Fsp3) is 0.368. The van der Waals surface area contributed by atoms with Crippen LogP contribution in [0.15, 0.2) is 30.3 Å². The minimum Gasteiger partial charge on any atom is -0.492 e. The number of benzene rings is 2. The van der Waals surface area contributed by atoms with E-state index in [1.807, 2.05) is 0 Å². The van der Waals surface area contributed by atoms with Crippen LogP contribution in [-0.4, -0.2) is 13.3 Å². The van der Waals surface area contributed by atoms with Crippen molar-refractivity contribution in [2.45, 2.75) is 32.7 Å². The summed E-state index contributed by atoms with van der Waals surface area (Å²) in [6.07, 6.45) is 1.04. The monoisotopic (exact) mass is 295 g/mol. The second-order valence-electron chi connectivity index (χ2n) is 6.26. The molecule has 2 aliphatic heterocycles. The average Bonchev–Trinajstić information content (AvgIpc) is 2.54. The fourth-order valence-corrected chi connectivity index (χ4v) is 3.77. The molecule has 22 heavy (non-hydrogen) atoms. The third-order valence-corrected chi connectivity index (χ3v) is 4.78. The zero-order valence-electron chi connectivity index (χ0n) is 13.1. The molecule has 2 aromatic rings. The summed E-state index contributed by atoms with van der Waals surface area (Å²) in [6, 6.07) is 10.8. The maximum atomic E-state index is 6.18. The Morgan fingerprint density at radius 3 is 2.68 bits per heavy atom. The molecule has 0 aromatic heterocycles. The van der Waals surface area contributed by atoms with E-state index in [9.17, 15) is 0 Å². The van der Waals surface area contributed by atoms with Gasteiger partial charge in [-0.25, -0.2) is 0 Å². The highest BCUT2D eigenvalue weighted by Crippen LogP contribution is 2.41. The number of hydrogen-bond acceptors (Lipinski definition) is 3. The Labute approximate surface area is 131 Å². The Bertz CT molecular complexity index is 703. The zero-order chi connectivity index (χ0) is 15.1. The number of fused-ring (bicyclic) bond motifs is 3. The van der Waals surface area contributed by atoms with Crippen LogP contribution in [0.3, 0.4) is 0 Å². The van der Waals surface area contributed by atoms with E-state index in [1.165, 1.54) is 27.8 Å². The van der Waals surface area contributed by atoms with Crippen LogP contribution in [0.2, 0.25) is 0 Å². The summed E-state index contributed by atoms with van der Waals surface area (Å²) < 4.78 is 11.8. The summed E-state index contributed by atoms with van der Waals surface area (Å²) in [4.78, 5) is 0. The normalized spacial score (nSPS) is 19.6. The topological polar surface area (TPSA) is 30.5 Å². The van der Waals surface area contributed by atoms with Crippen LogP contribution in [0.25, 0.3) is 0 Å². The molecule has 1 atom stereocenters. The lowest BCUT2D eigenvalue weighted by molar-refractivity contribution is 0.231. The molecular formula is C19H21NO2. The quantitative estimate of drug-likeness (QED) is 0.874. The van der Waals surface area contributed by atoms with Gasteiger partial charge in [0.25, 0.3) is 0 Å². The molecule has 0 amide bonds. The molecule has 2 heterocycles. The van der Waals surface area contributed by atoms with Gasteiger partial charge in [0.15, 0.2) is 0 Å². The Hall–Kier alpha value is -2.00. The molecule has 0 radical (unpaired) electrons. The molecule has 0 fully saturated rings. The molecule has 3 heteroatoms. The molecule has 0 aliphatic carbocycles. The SMILES string of the molecule is Cc1cccc(C)c1C1COc2c(ccc3c2CNCO3)C1. The summed E-state index contributed by atoms with van der Waals surface area (Å²) >= 11 is 0. The second kappa shape index (κ2) is 5.33. The van der Waals surface area contributed by atoms with Crippen molar-refractivity contribution in [3.63, 3.8) is 0 Å². The van der Waals surface area contributed by atoms with Gasteiger partial charge in [-0.3, -0.25) is 5.32 Å². The van der Waals surface area contributed by atoms with E-state index in [0.717, 1.165) is 31.1 Å². The first kappa shape index (κ1) is 13.6. The van der Waals surface area contributed by atoms with Crippen molar-refractivity contribution >= 4 is 0 Å². The lowest BCUT2D eigenvalue weighted by Crippen LogP contribution is -2.28. The Balaban J connectivity index is 1.70. The largest absolute Gasteiger partial charge is 0.492 e. The molecule has 0 spiro atoms. The first-order valence-electron chi connectivity index (χ1n) is 7.91. The van der Waals surface area contributed by atoms with Crippen molar-refractivity contribution in [3.05, 3.63) is 58.1 Å². The minimum absolute atomic E-state index is 0.434. The summed E-state index contributed by atoms with van der Waals surface area (Å²) in [6.45, 7) is 6.55. The molecule has 3 nitrogen and oxygen atoms in total. The Morgan fingerprint density at radius 2 is 1.86 bits per heavy atom. The molecule has 2 aromatic carbocycles. The third kappa shape index (κ3) is 2.17. The van der Waals surface area contributed by atoms with Crippen LogP contribution in [0, 0.1) is 13.8 Å². The van der Waals surface area contributed by atoms with Gasteiger partial charge >= 0.3 is 0 Å². The minimum atomic E-state index is 0.434. The lowest BCUT2D eigenvalue weighted by Gasteiger charge is -2.31.